The van der Waals surface area contributed by atoms with Crippen LogP contribution in [0.5, 0.6) is 0 Å². The first-order chi connectivity index (χ1) is 9.26. The molecule has 2 aromatic heterocycles. The monoisotopic (exact) mass is 262 g/mol. The molecule has 0 aliphatic heterocycles. The Morgan fingerprint density at radius 3 is 2.53 bits per heavy atom. The molecule has 0 N–H and O–H groups in total. The van der Waals surface area contributed by atoms with Crippen LogP contribution in [0.2, 0.25) is 0 Å². The van der Waals surface area contributed by atoms with Crippen molar-refractivity contribution in [3.63, 3.8) is 0 Å². The topological polar surface area (TPSA) is 51.8 Å². The minimum Gasteiger partial charge on any atom is -0.302 e. The minimum absolute atomic E-state index is 0.871. The van der Waals surface area contributed by atoms with E-state index >= 15 is 0 Å². The molecule has 0 spiro atoms. The summed E-state index contributed by atoms with van der Waals surface area (Å²) in [5, 5.41) is 12.6. The SMILES string of the molecule is CCN(CC)CCn1cc(-c2cnn(CC)c2)nn1. The summed E-state index contributed by atoms with van der Waals surface area (Å²) in [5.41, 5.74) is 1.91. The number of nitrogens with zero attached hydrogens (tertiary/aromatic N) is 6. The molecule has 104 valence electrons. The summed E-state index contributed by atoms with van der Waals surface area (Å²) in [4.78, 5) is 2.37. The normalized spacial score (nSPS) is 11.4. The van der Waals surface area contributed by atoms with Crippen molar-refractivity contribution in [2.24, 2.45) is 0 Å². The highest BCUT2D eigenvalue weighted by atomic mass is 15.4. The van der Waals surface area contributed by atoms with Gasteiger partial charge in [-0.3, -0.25) is 9.36 Å². The zero-order chi connectivity index (χ0) is 13.7. The van der Waals surface area contributed by atoms with Gasteiger partial charge in [-0.1, -0.05) is 19.1 Å². The van der Waals surface area contributed by atoms with Gasteiger partial charge in [0.1, 0.15) is 5.69 Å². The highest BCUT2D eigenvalue weighted by Gasteiger charge is 2.07. The van der Waals surface area contributed by atoms with Crippen LogP contribution < -0.4 is 0 Å². The molecule has 0 bridgehead atoms. The first-order valence-electron chi connectivity index (χ1n) is 6.92. The first kappa shape index (κ1) is 13.7. The molecule has 0 unspecified atom stereocenters. The van der Waals surface area contributed by atoms with E-state index in [9.17, 15) is 0 Å². The molecule has 0 aromatic carbocycles. The molecule has 2 rings (SSSR count). The summed E-state index contributed by atoms with van der Waals surface area (Å²) in [6.45, 7) is 11.3. The van der Waals surface area contributed by atoms with E-state index < -0.39 is 0 Å². The van der Waals surface area contributed by atoms with Gasteiger partial charge in [-0.2, -0.15) is 5.10 Å². The fraction of sp³-hybridized carbons (Fsp3) is 0.615. The third kappa shape index (κ3) is 3.41. The lowest BCUT2D eigenvalue weighted by Gasteiger charge is -2.17. The molecule has 2 heterocycles. The van der Waals surface area contributed by atoms with Crippen LogP contribution in [0.4, 0.5) is 0 Å². The molecule has 0 saturated heterocycles. The maximum absolute atomic E-state index is 4.25. The highest BCUT2D eigenvalue weighted by Crippen LogP contribution is 2.14. The van der Waals surface area contributed by atoms with Crippen LogP contribution in [0.3, 0.4) is 0 Å². The Bertz CT molecular complexity index is 497. The van der Waals surface area contributed by atoms with Gasteiger partial charge in [-0.15, -0.1) is 5.10 Å². The van der Waals surface area contributed by atoms with E-state index in [2.05, 4.69) is 41.1 Å². The third-order valence-electron chi connectivity index (χ3n) is 3.33. The summed E-state index contributed by atoms with van der Waals surface area (Å²) in [7, 11) is 0. The van der Waals surface area contributed by atoms with Gasteiger partial charge in [0.15, 0.2) is 0 Å². The Hall–Kier alpha value is -1.69. The standard InChI is InChI=1S/C13H22N6/c1-4-17(5-2)7-8-19-11-13(15-16-19)12-9-14-18(6-3)10-12/h9-11H,4-8H2,1-3H3. The molecule has 6 heteroatoms. The zero-order valence-electron chi connectivity index (χ0n) is 12.0. The van der Waals surface area contributed by atoms with Gasteiger partial charge < -0.3 is 4.90 Å². The van der Waals surface area contributed by atoms with E-state index in [1.807, 2.05) is 28.0 Å². The summed E-state index contributed by atoms with van der Waals surface area (Å²) in [6, 6.07) is 0. The van der Waals surface area contributed by atoms with Gasteiger partial charge in [-0.05, 0) is 20.0 Å². The average molecular weight is 262 g/mol. The molecule has 6 nitrogen and oxygen atoms in total. The van der Waals surface area contributed by atoms with Gasteiger partial charge >= 0.3 is 0 Å². The second-order valence-corrected chi connectivity index (χ2v) is 4.48. The first-order valence-corrected chi connectivity index (χ1v) is 6.92. The Morgan fingerprint density at radius 1 is 1.11 bits per heavy atom. The lowest BCUT2D eigenvalue weighted by molar-refractivity contribution is 0.284. The van der Waals surface area contributed by atoms with Crippen molar-refractivity contribution < 1.29 is 0 Å². The van der Waals surface area contributed by atoms with Gasteiger partial charge in [0.25, 0.3) is 0 Å². The molecule has 0 aliphatic rings. The molecule has 2 aromatic rings. The number of aryl methyl sites for hydroxylation is 1. The van der Waals surface area contributed by atoms with Crippen LogP contribution in [0, 0.1) is 0 Å². The van der Waals surface area contributed by atoms with Gasteiger partial charge in [0, 0.05) is 24.8 Å². The average Bonchev–Trinajstić information content (AvgIpc) is 3.08. The van der Waals surface area contributed by atoms with Crippen molar-refractivity contribution in [1.82, 2.24) is 29.7 Å². The van der Waals surface area contributed by atoms with Crippen molar-refractivity contribution in [2.45, 2.75) is 33.9 Å². The van der Waals surface area contributed by atoms with Crippen molar-refractivity contribution in [1.29, 1.82) is 0 Å². The summed E-state index contributed by atoms with van der Waals surface area (Å²) in [5.74, 6) is 0. The van der Waals surface area contributed by atoms with Crippen molar-refractivity contribution >= 4 is 0 Å². The number of likely N-dealkylation sites (N-methyl/N-ethyl adjacent to an activating group) is 1. The number of rotatable bonds is 7. The Balaban J connectivity index is 1.98. The van der Waals surface area contributed by atoms with E-state index in [1.165, 1.54) is 0 Å². The molecule has 0 radical (unpaired) electrons. The van der Waals surface area contributed by atoms with Crippen LogP contribution in [0.25, 0.3) is 11.3 Å². The Morgan fingerprint density at radius 2 is 1.89 bits per heavy atom. The molecule has 0 aliphatic carbocycles. The molecular formula is C13H22N6. The van der Waals surface area contributed by atoms with Crippen molar-refractivity contribution in [3.8, 4) is 11.3 Å². The maximum Gasteiger partial charge on any atom is 0.116 e. The fourth-order valence-electron chi connectivity index (χ4n) is 1.99. The number of hydrogen-bond donors (Lipinski definition) is 0. The predicted octanol–water partition coefficient (Wildman–Crippen LogP) is 1.50. The predicted molar refractivity (Wildman–Crippen MR) is 74.7 cm³/mol. The second kappa shape index (κ2) is 6.47. The van der Waals surface area contributed by atoms with E-state index in [-0.39, 0.29) is 0 Å². The summed E-state index contributed by atoms with van der Waals surface area (Å²) >= 11 is 0. The van der Waals surface area contributed by atoms with Crippen molar-refractivity contribution in [2.75, 3.05) is 19.6 Å². The second-order valence-electron chi connectivity index (χ2n) is 4.48. The zero-order valence-corrected chi connectivity index (χ0v) is 12.0. The lowest BCUT2D eigenvalue weighted by Crippen LogP contribution is -2.27. The van der Waals surface area contributed by atoms with E-state index in [0.717, 1.165) is 44.0 Å². The molecule has 0 atom stereocenters. The van der Waals surface area contributed by atoms with Gasteiger partial charge in [-0.25, -0.2) is 0 Å². The van der Waals surface area contributed by atoms with Crippen LogP contribution in [0.1, 0.15) is 20.8 Å². The fourth-order valence-corrected chi connectivity index (χ4v) is 1.99. The Labute approximate surface area is 114 Å². The van der Waals surface area contributed by atoms with Crippen LogP contribution in [-0.4, -0.2) is 49.3 Å². The van der Waals surface area contributed by atoms with Crippen LogP contribution in [-0.2, 0) is 13.1 Å². The number of hydrogen-bond acceptors (Lipinski definition) is 4. The smallest absolute Gasteiger partial charge is 0.116 e. The molecule has 0 amide bonds. The highest BCUT2D eigenvalue weighted by molar-refractivity contribution is 5.54. The largest absolute Gasteiger partial charge is 0.302 e. The molecule has 19 heavy (non-hydrogen) atoms. The van der Waals surface area contributed by atoms with Gasteiger partial charge in [0.2, 0.25) is 0 Å². The molecule has 0 saturated carbocycles. The minimum atomic E-state index is 0.871. The molecule has 0 fully saturated rings. The van der Waals surface area contributed by atoms with Gasteiger partial charge in [0.05, 0.1) is 18.9 Å². The van der Waals surface area contributed by atoms with E-state index in [1.54, 1.807) is 0 Å². The maximum atomic E-state index is 4.25. The Kier molecular flexibility index (Phi) is 4.68. The lowest BCUT2D eigenvalue weighted by atomic mass is 10.3. The van der Waals surface area contributed by atoms with Crippen LogP contribution in [0.15, 0.2) is 18.6 Å². The van der Waals surface area contributed by atoms with Crippen molar-refractivity contribution in [3.05, 3.63) is 18.6 Å². The number of aromatic nitrogens is 5. The summed E-state index contributed by atoms with van der Waals surface area (Å²) < 4.78 is 3.79. The summed E-state index contributed by atoms with van der Waals surface area (Å²) in [6.07, 6.45) is 5.82. The quantitative estimate of drug-likeness (QED) is 0.759. The van der Waals surface area contributed by atoms with E-state index in [4.69, 9.17) is 0 Å². The third-order valence-corrected chi connectivity index (χ3v) is 3.33. The van der Waals surface area contributed by atoms with E-state index in [0.29, 0.717) is 0 Å². The van der Waals surface area contributed by atoms with Crippen LogP contribution >= 0.6 is 0 Å². The molecular weight excluding hydrogens is 240 g/mol.